The fourth-order valence-corrected chi connectivity index (χ4v) is 1.82. The van der Waals surface area contributed by atoms with Gasteiger partial charge >= 0.3 is 0 Å². The Kier molecular flexibility index (Phi) is 3.77. The number of amides is 1. The minimum atomic E-state index is -0.315. The number of aryl methyl sites for hydroxylation is 1. The lowest BCUT2D eigenvalue weighted by molar-refractivity contribution is -0.119. The lowest BCUT2D eigenvalue weighted by Gasteiger charge is -2.14. The highest BCUT2D eigenvalue weighted by Gasteiger charge is 2.15. The van der Waals surface area contributed by atoms with Gasteiger partial charge in [0, 0.05) is 18.1 Å². The Hall–Kier alpha value is -2.10. The first-order valence-corrected chi connectivity index (χ1v) is 6.10. The Balaban J connectivity index is 2.12. The zero-order valence-corrected chi connectivity index (χ0v) is 10.6. The maximum Gasteiger partial charge on any atom is 0.248 e. The molecule has 1 atom stereocenters. The standard InChI is InChI=1S/C14H17N3O/c1-3-12-7-4-5-8-13(12)16-14(18)11(2)17-10-6-9-15-17/h4-11H,3H2,1-2H3,(H,16,18). The van der Waals surface area contributed by atoms with Crippen LogP contribution in [0.1, 0.15) is 25.5 Å². The Morgan fingerprint density at radius 1 is 1.39 bits per heavy atom. The predicted molar refractivity (Wildman–Crippen MR) is 71.4 cm³/mol. The van der Waals surface area contributed by atoms with Gasteiger partial charge in [0.15, 0.2) is 0 Å². The summed E-state index contributed by atoms with van der Waals surface area (Å²) in [6, 6.07) is 9.34. The molecule has 0 fully saturated rings. The van der Waals surface area contributed by atoms with Gasteiger partial charge in [-0.15, -0.1) is 0 Å². The number of carbonyl (C=O) groups is 1. The maximum absolute atomic E-state index is 12.1. The van der Waals surface area contributed by atoms with Crippen LogP contribution in [0.25, 0.3) is 0 Å². The van der Waals surface area contributed by atoms with Gasteiger partial charge in [-0.3, -0.25) is 9.48 Å². The monoisotopic (exact) mass is 243 g/mol. The fraction of sp³-hybridized carbons (Fsp3) is 0.286. The molecule has 4 heteroatoms. The lowest BCUT2D eigenvalue weighted by Crippen LogP contribution is -2.24. The van der Waals surface area contributed by atoms with Crippen LogP contribution in [0.5, 0.6) is 0 Å². The van der Waals surface area contributed by atoms with Crippen molar-refractivity contribution in [1.82, 2.24) is 9.78 Å². The number of carbonyl (C=O) groups excluding carboxylic acids is 1. The summed E-state index contributed by atoms with van der Waals surface area (Å²) < 4.78 is 1.64. The first kappa shape index (κ1) is 12.4. The van der Waals surface area contributed by atoms with Crippen molar-refractivity contribution >= 4 is 11.6 Å². The van der Waals surface area contributed by atoms with Crippen molar-refractivity contribution < 1.29 is 4.79 Å². The molecular weight excluding hydrogens is 226 g/mol. The smallest absolute Gasteiger partial charge is 0.248 e. The first-order valence-electron chi connectivity index (χ1n) is 6.10. The third-order valence-corrected chi connectivity index (χ3v) is 2.96. The van der Waals surface area contributed by atoms with Gasteiger partial charge in [-0.05, 0) is 31.0 Å². The Morgan fingerprint density at radius 3 is 2.83 bits per heavy atom. The second-order valence-corrected chi connectivity index (χ2v) is 4.16. The summed E-state index contributed by atoms with van der Waals surface area (Å²) in [5, 5.41) is 7.03. The van der Waals surface area contributed by atoms with E-state index in [2.05, 4.69) is 17.3 Å². The van der Waals surface area contributed by atoms with E-state index in [1.54, 1.807) is 17.1 Å². The van der Waals surface area contributed by atoms with Gasteiger partial charge in [0.1, 0.15) is 6.04 Å². The summed E-state index contributed by atoms with van der Waals surface area (Å²) in [5.41, 5.74) is 2.02. The minimum absolute atomic E-state index is 0.0559. The minimum Gasteiger partial charge on any atom is -0.324 e. The Bertz CT molecular complexity index is 520. The van der Waals surface area contributed by atoms with Crippen molar-refractivity contribution in [1.29, 1.82) is 0 Å². The predicted octanol–water partition coefficient (Wildman–Crippen LogP) is 2.65. The molecule has 0 saturated carbocycles. The molecular formula is C14H17N3O. The maximum atomic E-state index is 12.1. The van der Waals surface area contributed by atoms with E-state index in [0.29, 0.717) is 0 Å². The van der Waals surface area contributed by atoms with Crippen LogP contribution in [0, 0.1) is 0 Å². The van der Waals surface area contributed by atoms with Gasteiger partial charge in [-0.1, -0.05) is 25.1 Å². The second-order valence-electron chi connectivity index (χ2n) is 4.16. The Labute approximate surface area is 107 Å². The van der Waals surface area contributed by atoms with Gasteiger partial charge in [0.05, 0.1) is 0 Å². The third-order valence-electron chi connectivity index (χ3n) is 2.96. The number of aromatic nitrogens is 2. The third kappa shape index (κ3) is 2.59. The molecule has 1 heterocycles. The molecule has 1 aromatic carbocycles. The summed E-state index contributed by atoms with van der Waals surface area (Å²) in [5.74, 6) is -0.0559. The second kappa shape index (κ2) is 5.49. The molecule has 1 N–H and O–H groups in total. The van der Waals surface area contributed by atoms with E-state index in [1.165, 1.54) is 0 Å². The van der Waals surface area contributed by atoms with E-state index in [4.69, 9.17) is 0 Å². The average Bonchev–Trinajstić information content (AvgIpc) is 2.92. The summed E-state index contributed by atoms with van der Waals surface area (Å²) in [7, 11) is 0. The number of rotatable bonds is 4. The largest absolute Gasteiger partial charge is 0.324 e. The molecule has 0 saturated heterocycles. The van der Waals surface area contributed by atoms with Crippen LogP contribution >= 0.6 is 0 Å². The molecule has 2 rings (SSSR count). The lowest BCUT2D eigenvalue weighted by atomic mass is 10.1. The molecule has 18 heavy (non-hydrogen) atoms. The zero-order valence-electron chi connectivity index (χ0n) is 10.6. The van der Waals surface area contributed by atoms with Crippen molar-refractivity contribution in [3.05, 3.63) is 48.3 Å². The highest BCUT2D eigenvalue weighted by atomic mass is 16.2. The molecule has 0 aliphatic carbocycles. The average molecular weight is 243 g/mol. The van der Waals surface area contributed by atoms with Crippen molar-refractivity contribution in [2.24, 2.45) is 0 Å². The van der Waals surface area contributed by atoms with Crippen LogP contribution in [0.3, 0.4) is 0 Å². The van der Waals surface area contributed by atoms with E-state index in [1.807, 2.05) is 37.3 Å². The van der Waals surface area contributed by atoms with Crippen LogP contribution in [-0.2, 0) is 11.2 Å². The van der Waals surface area contributed by atoms with Gasteiger partial charge < -0.3 is 5.32 Å². The highest BCUT2D eigenvalue weighted by Crippen LogP contribution is 2.17. The molecule has 0 aliphatic rings. The van der Waals surface area contributed by atoms with Crippen LogP contribution in [0.2, 0.25) is 0 Å². The number of para-hydroxylation sites is 1. The molecule has 1 unspecified atom stereocenters. The van der Waals surface area contributed by atoms with Gasteiger partial charge in [-0.2, -0.15) is 5.10 Å². The van der Waals surface area contributed by atoms with E-state index >= 15 is 0 Å². The molecule has 2 aromatic rings. The number of benzene rings is 1. The highest BCUT2D eigenvalue weighted by molar-refractivity contribution is 5.94. The molecule has 4 nitrogen and oxygen atoms in total. The summed E-state index contributed by atoms with van der Waals surface area (Å²) in [6.45, 7) is 3.90. The van der Waals surface area contributed by atoms with Gasteiger partial charge in [-0.25, -0.2) is 0 Å². The van der Waals surface area contributed by atoms with Crippen LogP contribution in [0.15, 0.2) is 42.7 Å². The van der Waals surface area contributed by atoms with Crippen LogP contribution in [-0.4, -0.2) is 15.7 Å². The number of nitrogens with zero attached hydrogens (tertiary/aromatic N) is 2. The van der Waals surface area contributed by atoms with E-state index in [-0.39, 0.29) is 11.9 Å². The van der Waals surface area contributed by atoms with Crippen molar-refractivity contribution in [3.8, 4) is 0 Å². The molecule has 0 aliphatic heterocycles. The molecule has 1 aromatic heterocycles. The topological polar surface area (TPSA) is 46.9 Å². The number of hydrogen-bond acceptors (Lipinski definition) is 2. The number of hydrogen-bond donors (Lipinski definition) is 1. The molecule has 0 bridgehead atoms. The van der Waals surface area contributed by atoms with E-state index in [0.717, 1.165) is 17.7 Å². The summed E-state index contributed by atoms with van der Waals surface area (Å²) >= 11 is 0. The molecule has 0 radical (unpaired) electrons. The number of anilines is 1. The summed E-state index contributed by atoms with van der Waals surface area (Å²) in [6.07, 6.45) is 4.35. The van der Waals surface area contributed by atoms with Crippen LogP contribution in [0.4, 0.5) is 5.69 Å². The summed E-state index contributed by atoms with van der Waals surface area (Å²) in [4.78, 5) is 12.1. The normalized spacial score (nSPS) is 12.1. The van der Waals surface area contributed by atoms with Gasteiger partial charge in [0.2, 0.25) is 5.91 Å². The fourth-order valence-electron chi connectivity index (χ4n) is 1.82. The Morgan fingerprint density at radius 2 is 2.17 bits per heavy atom. The first-order chi connectivity index (χ1) is 8.72. The molecule has 1 amide bonds. The number of nitrogens with one attached hydrogen (secondary N) is 1. The van der Waals surface area contributed by atoms with Gasteiger partial charge in [0.25, 0.3) is 0 Å². The SMILES string of the molecule is CCc1ccccc1NC(=O)C(C)n1cccn1. The molecule has 94 valence electrons. The van der Waals surface area contributed by atoms with E-state index < -0.39 is 0 Å². The van der Waals surface area contributed by atoms with Crippen LogP contribution < -0.4 is 5.32 Å². The van der Waals surface area contributed by atoms with Crippen molar-refractivity contribution in [2.75, 3.05) is 5.32 Å². The van der Waals surface area contributed by atoms with E-state index in [9.17, 15) is 4.79 Å². The van der Waals surface area contributed by atoms with Crippen molar-refractivity contribution in [2.45, 2.75) is 26.3 Å². The van der Waals surface area contributed by atoms with Crippen molar-refractivity contribution in [3.63, 3.8) is 0 Å². The molecule has 0 spiro atoms. The quantitative estimate of drug-likeness (QED) is 0.897. The zero-order chi connectivity index (χ0) is 13.0.